The number of hydrogen-bond acceptors (Lipinski definition) is 3. The quantitative estimate of drug-likeness (QED) is 0.696. The Labute approximate surface area is 99.7 Å². The van der Waals surface area contributed by atoms with Crippen molar-refractivity contribution in [3.63, 3.8) is 0 Å². The van der Waals surface area contributed by atoms with Crippen LogP contribution < -0.4 is 5.73 Å². The SMILES string of the molecule is C[C@@H](CP(=O)(O)[C@@H](N)c1ccccc1)C(=O)O. The highest BCUT2D eigenvalue weighted by Gasteiger charge is 2.32. The van der Waals surface area contributed by atoms with Gasteiger partial charge in [0, 0.05) is 6.16 Å². The summed E-state index contributed by atoms with van der Waals surface area (Å²) in [6, 6.07) is 8.52. The number of carbonyl (C=O) groups is 1. The second kappa shape index (κ2) is 5.45. The molecule has 0 aliphatic heterocycles. The Morgan fingerprint density at radius 3 is 2.41 bits per heavy atom. The third-order valence-corrected chi connectivity index (χ3v) is 4.77. The summed E-state index contributed by atoms with van der Waals surface area (Å²) in [6.45, 7) is 1.39. The van der Waals surface area contributed by atoms with Crippen molar-refractivity contribution in [2.75, 3.05) is 6.16 Å². The molecule has 0 radical (unpaired) electrons. The van der Waals surface area contributed by atoms with E-state index >= 15 is 0 Å². The first-order valence-corrected chi connectivity index (χ1v) is 7.11. The van der Waals surface area contributed by atoms with Gasteiger partial charge in [0.15, 0.2) is 0 Å². The maximum absolute atomic E-state index is 12.0. The van der Waals surface area contributed by atoms with Crippen molar-refractivity contribution >= 4 is 13.3 Å². The van der Waals surface area contributed by atoms with E-state index in [1.54, 1.807) is 30.3 Å². The maximum atomic E-state index is 12.0. The van der Waals surface area contributed by atoms with E-state index in [-0.39, 0.29) is 6.16 Å². The van der Waals surface area contributed by atoms with Crippen LogP contribution in [0.4, 0.5) is 0 Å². The van der Waals surface area contributed by atoms with E-state index in [0.29, 0.717) is 5.56 Å². The monoisotopic (exact) mass is 257 g/mol. The zero-order valence-corrected chi connectivity index (χ0v) is 10.4. The number of hydrogen-bond donors (Lipinski definition) is 3. The minimum absolute atomic E-state index is 0.321. The van der Waals surface area contributed by atoms with Gasteiger partial charge >= 0.3 is 5.97 Å². The summed E-state index contributed by atoms with van der Waals surface area (Å²) in [5.41, 5.74) is 6.25. The molecule has 0 spiro atoms. The van der Waals surface area contributed by atoms with Crippen LogP contribution in [0.2, 0.25) is 0 Å². The van der Waals surface area contributed by atoms with Gasteiger partial charge in [-0.1, -0.05) is 37.3 Å². The van der Waals surface area contributed by atoms with Gasteiger partial charge in [0.05, 0.1) is 5.92 Å². The Kier molecular flexibility index (Phi) is 4.46. The van der Waals surface area contributed by atoms with Crippen molar-refractivity contribution in [2.45, 2.75) is 12.7 Å². The summed E-state index contributed by atoms with van der Waals surface area (Å²) >= 11 is 0. The van der Waals surface area contributed by atoms with E-state index in [1.165, 1.54) is 6.92 Å². The minimum Gasteiger partial charge on any atom is -0.481 e. The van der Waals surface area contributed by atoms with Gasteiger partial charge in [0.25, 0.3) is 0 Å². The molecular weight excluding hydrogens is 241 g/mol. The van der Waals surface area contributed by atoms with E-state index < -0.39 is 25.0 Å². The van der Waals surface area contributed by atoms with E-state index in [9.17, 15) is 14.3 Å². The molecule has 0 aliphatic carbocycles. The Morgan fingerprint density at radius 1 is 1.41 bits per heavy atom. The van der Waals surface area contributed by atoms with Gasteiger partial charge in [-0.15, -0.1) is 0 Å². The summed E-state index contributed by atoms with van der Waals surface area (Å²) in [5.74, 6) is -3.02. The molecule has 17 heavy (non-hydrogen) atoms. The van der Waals surface area contributed by atoms with Crippen LogP contribution >= 0.6 is 7.37 Å². The van der Waals surface area contributed by atoms with E-state index in [0.717, 1.165) is 0 Å². The Bertz CT molecular complexity index is 434. The molecule has 0 heterocycles. The summed E-state index contributed by atoms with van der Waals surface area (Å²) in [7, 11) is -3.72. The smallest absolute Gasteiger partial charge is 0.306 e. The first kappa shape index (κ1) is 13.9. The van der Waals surface area contributed by atoms with Gasteiger partial charge in [-0.25, -0.2) is 0 Å². The molecule has 0 amide bonds. The van der Waals surface area contributed by atoms with Crippen LogP contribution in [-0.2, 0) is 9.36 Å². The van der Waals surface area contributed by atoms with Gasteiger partial charge in [0.1, 0.15) is 5.78 Å². The van der Waals surface area contributed by atoms with Gasteiger partial charge in [-0.05, 0) is 5.56 Å². The van der Waals surface area contributed by atoms with Crippen LogP contribution in [0.1, 0.15) is 18.3 Å². The highest BCUT2D eigenvalue weighted by atomic mass is 31.2. The first-order valence-electron chi connectivity index (χ1n) is 5.19. The molecule has 1 unspecified atom stereocenters. The highest BCUT2D eigenvalue weighted by Crippen LogP contribution is 2.53. The molecule has 1 rings (SSSR count). The number of carboxylic acids is 1. The van der Waals surface area contributed by atoms with Crippen LogP contribution in [0.3, 0.4) is 0 Å². The predicted octanol–water partition coefficient (Wildman–Crippen LogP) is 1.64. The lowest BCUT2D eigenvalue weighted by Crippen LogP contribution is -2.20. The summed E-state index contributed by atoms with van der Waals surface area (Å²) in [6.07, 6.45) is -0.321. The molecule has 0 bridgehead atoms. The average Bonchev–Trinajstić information content (AvgIpc) is 2.28. The van der Waals surface area contributed by atoms with Crippen LogP contribution in [0.5, 0.6) is 0 Å². The number of aliphatic carboxylic acids is 1. The van der Waals surface area contributed by atoms with Gasteiger partial charge in [-0.3, -0.25) is 9.36 Å². The van der Waals surface area contributed by atoms with Crippen molar-refractivity contribution in [3.05, 3.63) is 35.9 Å². The third kappa shape index (κ3) is 3.66. The zero-order valence-electron chi connectivity index (χ0n) is 9.48. The van der Waals surface area contributed by atoms with Crippen LogP contribution in [-0.4, -0.2) is 22.1 Å². The fraction of sp³-hybridized carbons (Fsp3) is 0.364. The fourth-order valence-electron chi connectivity index (χ4n) is 1.47. The van der Waals surface area contributed by atoms with Crippen molar-refractivity contribution in [1.29, 1.82) is 0 Å². The third-order valence-electron chi connectivity index (χ3n) is 2.53. The van der Waals surface area contributed by atoms with Crippen molar-refractivity contribution in [2.24, 2.45) is 11.7 Å². The summed E-state index contributed by atoms with van der Waals surface area (Å²) in [4.78, 5) is 20.5. The van der Waals surface area contributed by atoms with Crippen LogP contribution in [0.15, 0.2) is 30.3 Å². The number of nitrogens with two attached hydrogens (primary N) is 1. The van der Waals surface area contributed by atoms with Crippen molar-refractivity contribution in [1.82, 2.24) is 0 Å². The summed E-state index contributed by atoms with van der Waals surface area (Å²) in [5, 5.41) is 8.72. The maximum Gasteiger partial charge on any atom is 0.306 e. The molecule has 0 fully saturated rings. The normalized spacial score (nSPS) is 18.1. The molecule has 6 heteroatoms. The lowest BCUT2D eigenvalue weighted by atomic mass is 10.2. The van der Waals surface area contributed by atoms with E-state index in [2.05, 4.69) is 0 Å². The molecule has 3 atom stereocenters. The molecule has 1 aromatic rings. The zero-order chi connectivity index (χ0) is 13.1. The number of benzene rings is 1. The standard InChI is InChI=1S/C11H16NO4P/c1-8(11(13)14)7-17(15,16)10(12)9-5-3-2-4-6-9/h2-6,8,10H,7,12H2,1H3,(H,13,14)(H,15,16)/t8-,10+/m0/s1. The molecule has 1 aromatic carbocycles. The van der Waals surface area contributed by atoms with E-state index in [1.807, 2.05) is 0 Å². The molecule has 0 saturated carbocycles. The molecule has 0 aromatic heterocycles. The minimum atomic E-state index is -3.72. The lowest BCUT2D eigenvalue weighted by Gasteiger charge is -2.21. The molecule has 94 valence electrons. The Hall–Kier alpha value is -1.16. The summed E-state index contributed by atoms with van der Waals surface area (Å²) < 4.78 is 12.0. The molecular formula is C11H16NO4P. The van der Waals surface area contributed by atoms with E-state index in [4.69, 9.17) is 10.8 Å². The number of rotatable bonds is 5. The Morgan fingerprint density at radius 2 is 1.94 bits per heavy atom. The highest BCUT2D eigenvalue weighted by molar-refractivity contribution is 7.58. The number of carboxylic acid groups (broad SMARTS) is 1. The topological polar surface area (TPSA) is 101 Å². The fourth-order valence-corrected chi connectivity index (χ4v) is 3.27. The molecule has 0 saturated heterocycles. The van der Waals surface area contributed by atoms with Crippen molar-refractivity contribution in [3.8, 4) is 0 Å². The van der Waals surface area contributed by atoms with Crippen LogP contribution in [0.25, 0.3) is 0 Å². The van der Waals surface area contributed by atoms with Gasteiger partial charge in [-0.2, -0.15) is 0 Å². The van der Waals surface area contributed by atoms with Gasteiger partial charge < -0.3 is 15.7 Å². The second-order valence-electron chi connectivity index (χ2n) is 4.03. The Balaban J connectivity index is 2.84. The van der Waals surface area contributed by atoms with Gasteiger partial charge in [0.2, 0.25) is 7.37 Å². The lowest BCUT2D eigenvalue weighted by molar-refractivity contribution is -0.140. The second-order valence-corrected chi connectivity index (χ2v) is 6.47. The first-order chi connectivity index (χ1) is 7.84. The predicted molar refractivity (Wildman–Crippen MR) is 64.9 cm³/mol. The molecule has 5 nitrogen and oxygen atoms in total. The molecule has 0 aliphatic rings. The molecule has 4 N–H and O–H groups in total. The van der Waals surface area contributed by atoms with Crippen LogP contribution in [0, 0.1) is 5.92 Å². The largest absolute Gasteiger partial charge is 0.481 e. The average molecular weight is 257 g/mol. The van der Waals surface area contributed by atoms with Crippen molar-refractivity contribution < 1.29 is 19.4 Å².